The first kappa shape index (κ1) is 30.6. The standard InChI is InChI=1S/C36H42O10/c1-20(2)33-27(42-25(39)16-15-22-11-7-5-8-12-22)21(3)35-26(29(33)44-36(45-33,46-35)23-13-9-6-10-14-23)28-32(19-37,43-28)30(40)34(41)24(38)17-18-31(34,35)4/h5-14,20-21,26-30,37,40-41H,15-19H2,1-4H3/t21-,26+,27-,28+,29?,30-,31-,32+,33?,34-,35?,36?/m1/s1. The minimum Gasteiger partial charge on any atom is -0.459 e. The Bertz CT molecular complexity index is 1570. The number of hydrogen-bond donors (Lipinski definition) is 3. The van der Waals surface area contributed by atoms with Crippen molar-refractivity contribution < 1.29 is 48.6 Å². The molecule has 12 atom stereocenters. The van der Waals surface area contributed by atoms with E-state index in [-0.39, 0.29) is 25.2 Å². The van der Waals surface area contributed by atoms with Gasteiger partial charge in [0.05, 0.1) is 12.2 Å². The van der Waals surface area contributed by atoms with Gasteiger partial charge in [0.1, 0.15) is 35.6 Å². The first-order valence-corrected chi connectivity index (χ1v) is 16.5. The number of aliphatic hydroxyl groups excluding tert-OH is 2. The first-order valence-electron chi connectivity index (χ1n) is 16.5. The molecule has 3 saturated carbocycles. The van der Waals surface area contributed by atoms with Crippen LogP contribution in [0.1, 0.15) is 58.1 Å². The molecule has 3 bridgehead atoms. The molecule has 3 aliphatic heterocycles. The summed E-state index contributed by atoms with van der Waals surface area (Å²) in [5, 5.41) is 35.2. The minimum absolute atomic E-state index is 0.0116. The Morgan fingerprint density at radius 2 is 1.70 bits per heavy atom. The molecule has 10 heteroatoms. The number of ketones is 1. The normalized spacial score (nSPS) is 48.0. The number of fused-ring (bicyclic) bond motifs is 3. The molecule has 6 aliphatic rings. The second kappa shape index (κ2) is 9.69. The number of hydrogen-bond acceptors (Lipinski definition) is 10. The maximum atomic E-state index is 13.8. The van der Waals surface area contributed by atoms with Gasteiger partial charge in [-0.25, -0.2) is 0 Å². The van der Waals surface area contributed by atoms with Crippen LogP contribution in [0.15, 0.2) is 60.7 Å². The number of carbonyl (C=O) groups excluding carboxylic acids is 2. The molecule has 4 unspecified atom stereocenters. The molecule has 3 N–H and O–H groups in total. The van der Waals surface area contributed by atoms with Crippen LogP contribution in [0.5, 0.6) is 0 Å². The third-order valence-corrected chi connectivity index (χ3v) is 12.7. The predicted molar refractivity (Wildman–Crippen MR) is 161 cm³/mol. The maximum Gasteiger partial charge on any atom is 0.313 e. The molecular formula is C36H42O10. The Labute approximate surface area is 267 Å². The van der Waals surface area contributed by atoms with Gasteiger partial charge in [0, 0.05) is 35.7 Å². The van der Waals surface area contributed by atoms with Crippen molar-refractivity contribution in [2.24, 2.45) is 23.2 Å². The number of aliphatic hydroxyl groups is 3. The highest BCUT2D eigenvalue weighted by Gasteiger charge is 2.93. The first-order chi connectivity index (χ1) is 21.9. The number of benzene rings is 2. The summed E-state index contributed by atoms with van der Waals surface area (Å²) in [7, 11) is 0. The lowest BCUT2D eigenvalue weighted by atomic mass is 9.47. The number of ether oxygens (including phenoxy) is 5. The Hall–Kier alpha value is -2.70. The van der Waals surface area contributed by atoms with Crippen molar-refractivity contribution in [1.82, 2.24) is 0 Å². The van der Waals surface area contributed by atoms with Gasteiger partial charge in [-0.15, -0.1) is 0 Å². The van der Waals surface area contributed by atoms with E-state index in [4.69, 9.17) is 23.7 Å². The van der Waals surface area contributed by atoms with Crippen molar-refractivity contribution in [2.75, 3.05) is 6.61 Å². The Balaban J connectivity index is 1.33. The van der Waals surface area contributed by atoms with Crippen LogP contribution in [0.4, 0.5) is 0 Å². The van der Waals surface area contributed by atoms with E-state index >= 15 is 0 Å². The summed E-state index contributed by atoms with van der Waals surface area (Å²) in [5.74, 6) is -4.37. The van der Waals surface area contributed by atoms with Gasteiger partial charge in [0.25, 0.3) is 0 Å². The SMILES string of the molecule is CC(C)C12OC3(c4ccccc4)OC1[C@@H]1[C@@H]4O[C@]4(CO)[C@@H](O)[C@]4(O)C(=O)CC[C@@]4(C)C1(O3)[C@H](C)[C@H]2OC(=O)CCc1ccccc1. The van der Waals surface area contributed by atoms with E-state index in [0.717, 1.165) is 5.56 Å². The van der Waals surface area contributed by atoms with E-state index in [1.165, 1.54) is 0 Å². The van der Waals surface area contributed by atoms with Gasteiger partial charge in [-0.1, -0.05) is 88.4 Å². The molecule has 2 aromatic rings. The number of epoxide rings is 1. The minimum atomic E-state index is -2.33. The fraction of sp³-hybridized carbons (Fsp3) is 0.611. The molecule has 8 rings (SSSR count). The second-order valence-corrected chi connectivity index (χ2v) is 14.8. The predicted octanol–water partition coefficient (Wildman–Crippen LogP) is 2.79. The van der Waals surface area contributed by atoms with Crippen molar-refractivity contribution in [3.05, 3.63) is 71.8 Å². The lowest BCUT2D eigenvalue weighted by Gasteiger charge is -2.65. The van der Waals surface area contributed by atoms with E-state index in [1.807, 2.05) is 81.4 Å². The largest absolute Gasteiger partial charge is 0.459 e. The lowest BCUT2D eigenvalue weighted by Crippen LogP contribution is -2.80. The van der Waals surface area contributed by atoms with E-state index in [0.29, 0.717) is 12.0 Å². The summed E-state index contributed by atoms with van der Waals surface area (Å²) in [5.41, 5.74) is -6.48. The molecule has 0 amide bonds. The Kier molecular flexibility index (Phi) is 6.45. The summed E-state index contributed by atoms with van der Waals surface area (Å²) in [6, 6.07) is 18.9. The van der Waals surface area contributed by atoms with Gasteiger partial charge < -0.3 is 39.0 Å². The lowest BCUT2D eigenvalue weighted by molar-refractivity contribution is -0.454. The molecular weight excluding hydrogens is 592 g/mol. The van der Waals surface area contributed by atoms with Gasteiger partial charge in [0.2, 0.25) is 0 Å². The number of carbonyl (C=O) groups is 2. The highest BCUT2D eigenvalue weighted by Crippen LogP contribution is 2.77. The third kappa shape index (κ3) is 3.36. The summed E-state index contributed by atoms with van der Waals surface area (Å²) in [6.45, 7) is 7.06. The average Bonchev–Trinajstić information content (AvgIpc) is 3.68. The number of rotatable bonds is 7. The zero-order valence-corrected chi connectivity index (χ0v) is 26.5. The summed E-state index contributed by atoms with van der Waals surface area (Å²) in [4.78, 5) is 27.6. The molecule has 6 fully saturated rings. The van der Waals surface area contributed by atoms with Gasteiger partial charge >= 0.3 is 11.9 Å². The molecule has 0 aromatic heterocycles. The van der Waals surface area contributed by atoms with Crippen LogP contribution < -0.4 is 0 Å². The molecule has 2 aromatic carbocycles. The van der Waals surface area contributed by atoms with Crippen molar-refractivity contribution in [3.63, 3.8) is 0 Å². The fourth-order valence-electron chi connectivity index (χ4n) is 10.3. The monoisotopic (exact) mass is 634 g/mol. The average molecular weight is 635 g/mol. The highest BCUT2D eigenvalue weighted by atomic mass is 16.9. The van der Waals surface area contributed by atoms with Crippen LogP contribution in [-0.4, -0.2) is 80.5 Å². The summed E-state index contributed by atoms with van der Waals surface area (Å²) in [6.07, 6.45) is -3.49. The second-order valence-electron chi connectivity index (χ2n) is 14.8. The summed E-state index contributed by atoms with van der Waals surface area (Å²) < 4.78 is 34.0. The van der Waals surface area contributed by atoms with Gasteiger partial charge in [-0.2, -0.15) is 0 Å². The van der Waals surface area contributed by atoms with Crippen LogP contribution in [0.25, 0.3) is 0 Å². The number of esters is 1. The van der Waals surface area contributed by atoms with Crippen molar-refractivity contribution in [1.29, 1.82) is 0 Å². The molecule has 3 heterocycles. The van der Waals surface area contributed by atoms with Gasteiger partial charge in [0.15, 0.2) is 11.4 Å². The van der Waals surface area contributed by atoms with Gasteiger partial charge in [-0.05, 0) is 24.3 Å². The van der Waals surface area contributed by atoms with E-state index in [2.05, 4.69) is 0 Å². The van der Waals surface area contributed by atoms with Crippen molar-refractivity contribution in [3.8, 4) is 0 Å². The van der Waals surface area contributed by atoms with Crippen LogP contribution >= 0.6 is 0 Å². The van der Waals surface area contributed by atoms with Crippen LogP contribution in [0, 0.1) is 23.2 Å². The van der Waals surface area contributed by atoms with Crippen molar-refractivity contribution in [2.45, 2.75) is 106 Å². The van der Waals surface area contributed by atoms with Crippen LogP contribution in [0.3, 0.4) is 0 Å². The number of aryl methyl sites for hydroxylation is 1. The van der Waals surface area contributed by atoms with E-state index in [9.17, 15) is 24.9 Å². The molecule has 3 saturated heterocycles. The Morgan fingerprint density at radius 3 is 2.35 bits per heavy atom. The highest BCUT2D eigenvalue weighted by molar-refractivity contribution is 5.92. The summed E-state index contributed by atoms with van der Waals surface area (Å²) >= 11 is 0. The van der Waals surface area contributed by atoms with Gasteiger partial charge in [-0.3, -0.25) is 9.59 Å². The molecule has 0 radical (unpaired) electrons. The number of Topliss-reactive ketones (excluding diaryl/α,β-unsaturated/α-hetero) is 1. The quantitative estimate of drug-likeness (QED) is 0.307. The van der Waals surface area contributed by atoms with Crippen LogP contribution in [0.2, 0.25) is 0 Å². The van der Waals surface area contributed by atoms with Crippen molar-refractivity contribution >= 4 is 11.8 Å². The zero-order chi connectivity index (χ0) is 32.5. The molecule has 0 spiro atoms. The molecule has 10 nitrogen and oxygen atoms in total. The van der Waals surface area contributed by atoms with Crippen LogP contribution in [-0.2, 0) is 45.7 Å². The molecule has 3 aliphatic carbocycles. The fourth-order valence-corrected chi connectivity index (χ4v) is 10.3. The van der Waals surface area contributed by atoms with E-state index in [1.54, 1.807) is 6.92 Å². The third-order valence-electron chi connectivity index (χ3n) is 12.7. The topological polar surface area (TPSA) is 144 Å². The molecule has 46 heavy (non-hydrogen) atoms. The van der Waals surface area contributed by atoms with E-state index < -0.39 is 88.4 Å². The maximum absolute atomic E-state index is 13.8. The Morgan fingerprint density at radius 1 is 1.02 bits per heavy atom. The molecule has 246 valence electrons. The smallest absolute Gasteiger partial charge is 0.313 e. The zero-order valence-electron chi connectivity index (χ0n) is 26.5.